The van der Waals surface area contributed by atoms with Crippen LogP contribution < -0.4 is 5.73 Å². The fourth-order valence-electron chi connectivity index (χ4n) is 3.19. The molecular weight excluding hydrogens is 330 g/mol. The molecule has 0 saturated carbocycles. The summed E-state index contributed by atoms with van der Waals surface area (Å²) in [6.07, 6.45) is 0.844. The molecule has 2 N–H and O–H groups in total. The molecule has 1 aromatic rings. The number of rotatable bonds is 3. The van der Waals surface area contributed by atoms with Crippen LogP contribution in [0.3, 0.4) is 0 Å². The molecule has 2 aliphatic heterocycles. The van der Waals surface area contributed by atoms with Crippen molar-refractivity contribution in [3.8, 4) is 0 Å². The molecule has 2 aliphatic rings. The van der Waals surface area contributed by atoms with Gasteiger partial charge in [-0.25, -0.2) is 0 Å². The summed E-state index contributed by atoms with van der Waals surface area (Å²) >= 11 is 0. The van der Waals surface area contributed by atoms with E-state index in [1.807, 2.05) is 13.8 Å². The van der Waals surface area contributed by atoms with Crippen LogP contribution >= 0.6 is 12.4 Å². The lowest BCUT2D eigenvalue weighted by molar-refractivity contribution is -0.130. The van der Waals surface area contributed by atoms with Crippen LogP contribution in [0.15, 0.2) is 18.2 Å². The first-order valence-corrected chi connectivity index (χ1v) is 7.79. The number of fused-ring (bicyclic) bond motifs is 1. The molecule has 130 valence electrons. The van der Waals surface area contributed by atoms with Crippen LogP contribution in [0.4, 0.5) is 0 Å². The van der Waals surface area contributed by atoms with Gasteiger partial charge in [0.05, 0.1) is 11.1 Å². The van der Waals surface area contributed by atoms with E-state index in [4.69, 9.17) is 5.73 Å². The second-order valence-electron chi connectivity index (χ2n) is 6.83. The van der Waals surface area contributed by atoms with Crippen LogP contribution in [-0.2, 0) is 4.79 Å². The summed E-state index contributed by atoms with van der Waals surface area (Å²) in [5, 5.41) is 0. The topological polar surface area (TPSA) is 83.7 Å². The average molecular weight is 352 g/mol. The Morgan fingerprint density at radius 3 is 2.54 bits per heavy atom. The molecule has 1 saturated heterocycles. The highest BCUT2D eigenvalue weighted by Crippen LogP contribution is 2.29. The molecule has 24 heavy (non-hydrogen) atoms. The lowest BCUT2D eigenvalue weighted by atomic mass is 9.90. The van der Waals surface area contributed by atoms with Crippen molar-refractivity contribution in [2.24, 2.45) is 11.1 Å². The van der Waals surface area contributed by atoms with Crippen molar-refractivity contribution in [3.05, 3.63) is 34.9 Å². The second-order valence-corrected chi connectivity index (χ2v) is 6.83. The van der Waals surface area contributed by atoms with E-state index in [2.05, 4.69) is 0 Å². The number of hydrogen-bond acceptors (Lipinski definition) is 4. The molecule has 1 aromatic carbocycles. The van der Waals surface area contributed by atoms with Gasteiger partial charge in [0.15, 0.2) is 0 Å². The molecule has 3 rings (SSSR count). The molecule has 1 fully saturated rings. The van der Waals surface area contributed by atoms with Gasteiger partial charge in [-0.15, -0.1) is 12.4 Å². The number of halogens is 1. The number of carbonyl (C=O) groups is 3. The summed E-state index contributed by atoms with van der Waals surface area (Å²) in [4.78, 5) is 40.0. The van der Waals surface area contributed by atoms with Crippen molar-refractivity contribution in [2.45, 2.75) is 20.3 Å². The Labute approximate surface area is 147 Å². The van der Waals surface area contributed by atoms with Crippen molar-refractivity contribution in [2.75, 3.05) is 26.2 Å². The van der Waals surface area contributed by atoms with Gasteiger partial charge in [0.1, 0.15) is 6.54 Å². The van der Waals surface area contributed by atoms with Gasteiger partial charge in [-0.2, -0.15) is 0 Å². The molecule has 1 atom stereocenters. The van der Waals surface area contributed by atoms with Gasteiger partial charge < -0.3 is 10.6 Å². The maximum absolute atomic E-state index is 12.5. The Kier molecular flexibility index (Phi) is 5.01. The fraction of sp³-hybridized carbons (Fsp3) is 0.471. The smallest absolute Gasteiger partial charge is 0.262 e. The standard InChI is InChI=1S/C17H21N3O3.ClH/c1-11-3-4-12-13(7-11)16(23)20(15(12)22)8-14(21)19-6-5-17(2,9-18)10-19;/h3-4,7H,5-6,8-10,18H2,1-2H3;1H. The third-order valence-electron chi connectivity index (χ3n) is 4.82. The Morgan fingerprint density at radius 1 is 1.25 bits per heavy atom. The number of nitrogens with zero attached hydrogens (tertiary/aromatic N) is 2. The fourth-order valence-corrected chi connectivity index (χ4v) is 3.19. The van der Waals surface area contributed by atoms with Crippen LogP contribution in [0.5, 0.6) is 0 Å². The Morgan fingerprint density at radius 2 is 1.92 bits per heavy atom. The van der Waals surface area contributed by atoms with E-state index in [9.17, 15) is 14.4 Å². The Hall–Kier alpha value is -1.92. The van der Waals surface area contributed by atoms with Crippen molar-refractivity contribution in [3.63, 3.8) is 0 Å². The highest BCUT2D eigenvalue weighted by molar-refractivity contribution is 6.22. The normalized spacial score (nSPS) is 22.6. The third-order valence-corrected chi connectivity index (χ3v) is 4.82. The minimum Gasteiger partial charge on any atom is -0.341 e. The van der Waals surface area contributed by atoms with E-state index in [1.165, 1.54) is 0 Å². The van der Waals surface area contributed by atoms with E-state index in [-0.39, 0.29) is 42.1 Å². The van der Waals surface area contributed by atoms with Gasteiger partial charge >= 0.3 is 0 Å². The minimum atomic E-state index is -0.390. The molecule has 0 radical (unpaired) electrons. The summed E-state index contributed by atoms with van der Waals surface area (Å²) < 4.78 is 0. The zero-order valence-corrected chi connectivity index (χ0v) is 14.7. The van der Waals surface area contributed by atoms with Gasteiger partial charge in [-0.05, 0) is 37.4 Å². The number of aryl methyl sites for hydroxylation is 1. The molecule has 6 nitrogen and oxygen atoms in total. The average Bonchev–Trinajstić information content (AvgIpc) is 3.03. The monoisotopic (exact) mass is 351 g/mol. The molecule has 0 aliphatic carbocycles. The first-order chi connectivity index (χ1) is 10.8. The molecule has 0 aromatic heterocycles. The van der Waals surface area contributed by atoms with Gasteiger partial charge in [0.2, 0.25) is 5.91 Å². The van der Waals surface area contributed by atoms with E-state index in [0.29, 0.717) is 30.8 Å². The zero-order valence-electron chi connectivity index (χ0n) is 13.9. The summed E-state index contributed by atoms with van der Waals surface area (Å²) in [6, 6.07) is 5.14. The maximum Gasteiger partial charge on any atom is 0.262 e. The van der Waals surface area contributed by atoms with Crippen LogP contribution in [0.2, 0.25) is 0 Å². The van der Waals surface area contributed by atoms with Crippen molar-refractivity contribution < 1.29 is 14.4 Å². The largest absolute Gasteiger partial charge is 0.341 e. The lowest BCUT2D eigenvalue weighted by Gasteiger charge is -2.24. The van der Waals surface area contributed by atoms with Gasteiger partial charge in [0.25, 0.3) is 11.8 Å². The van der Waals surface area contributed by atoms with E-state index >= 15 is 0 Å². The van der Waals surface area contributed by atoms with Gasteiger partial charge in [-0.1, -0.05) is 18.6 Å². The van der Waals surface area contributed by atoms with Gasteiger partial charge in [-0.3, -0.25) is 19.3 Å². The molecule has 1 unspecified atom stereocenters. The zero-order chi connectivity index (χ0) is 16.8. The summed E-state index contributed by atoms with van der Waals surface area (Å²) in [5.41, 5.74) is 7.35. The highest BCUT2D eigenvalue weighted by Gasteiger charge is 2.40. The van der Waals surface area contributed by atoms with E-state index in [1.54, 1.807) is 23.1 Å². The summed E-state index contributed by atoms with van der Waals surface area (Å²) in [7, 11) is 0. The minimum absolute atomic E-state index is 0. The highest BCUT2D eigenvalue weighted by atomic mass is 35.5. The number of benzene rings is 1. The number of nitrogens with two attached hydrogens (primary N) is 1. The molecule has 0 spiro atoms. The van der Waals surface area contributed by atoms with Crippen molar-refractivity contribution in [1.29, 1.82) is 0 Å². The molecular formula is C17H22ClN3O3. The van der Waals surface area contributed by atoms with Crippen LogP contribution in [0, 0.1) is 12.3 Å². The quantitative estimate of drug-likeness (QED) is 0.830. The van der Waals surface area contributed by atoms with E-state index < -0.39 is 0 Å². The van der Waals surface area contributed by atoms with Crippen molar-refractivity contribution in [1.82, 2.24) is 9.80 Å². The first kappa shape index (κ1) is 18.4. The third kappa shape index (κ3) is 3.03. The molecule has 0 bridgehead atoms. The van der Waals surface area contributed by atoms with Gasteiger partial charge in [0, 0.05) is 13.1 Å². The van der Waals surface area contributed by atoms with E-state index in [0.717, 1.165) is 16.9 Å². The number of amides is 3. The van der Waals surface area contributed by atoms with Crippen LogP contribution in [-0.4, -0.2) is 53.7 Å². The number of imide groups is 1. The first-order valence-electron chi connectivity index (χ1n) is 7.79. The SMILES string of the molecule is Cc1ccc2c(c1)C(=O)N(CC(=O)N1CCC(C)(CN)C1)C2=O.Cl. The number of likely N-dealkylation sites (tertiary alicyclic amines) is 1. The van der Waals surface area contributed by atoms with Crippen LogP contribution in [0.1, 0.15) is 39.6 Å². The predicted molar refractivity (Wildman–Crippen MR) is 92.2 cm³/mol. The summed E-state index contributed by atoms with van der Waals surface area (Å²) in [5.74, 6) is -0.977. The lowest BCUT2D eigenvalue weighted by Crippen LogP contribution is -2.43. The Balaban J connectivity index is 0.00000208. The number of carbonyl (C=O) groups excluding carboxylic acids is 3. The van der Waals surface area contributed by atoms with Crippen LogP contribution in [0.25, 0.3) is 0 Å². The maximum atomic E-state index is 12.5. The predicted octanol–water partition coefficient (Wildman–Crippen LogP) is 1.21. The summed E-state index contributed by atoms with van der Waals surface area (Å²) in [6.45, 7) is 5.42. The number of hydrogen-bond donors (Lipinski definition) is 1. The Bertz CT molecular complexity index is 706. The molecule has 3 amide bonds. The molecule has 2 heterocycles. The molecule has 7 heteroatoms. The van der Waals surface area contributed by atoms with Crippen molar-refractivity contribution >= 4 is 30.1 Å². The second kappa shape index (κ2) is 6.53.